The minimum absolute atomic E-state index is 0.135. The molecule has 0 unspecified atom stereocenters. The first-order valence-electron chi connectivity index (χ1n) is 10.9. The number of aliphatic hydroxyl groups excluding tert-OH is 1. The topological polar surface area (TPSA) is 46.2 Å². The number of hydrogen-bond acceptors (Lipinski definition) is 3. The second-order valence-electron chi connectivity index (χ2n) is 8.30. The Morgan fingerprint density at radius 1 is 1.10 bits per heavy atom. The molecule has 2 nitrogen and oxygen atoms in total. The van der Waals surface area contributed by atoms with Crippen LogP contribution in [0.15, 0.2) is 18.2 Å². The van der Waals surface area contributed by atoms with Crippen LogP contribution < -0.4 is 5.73 Å². The van der Waals surface area contributed by atoms with Crippen molar-refractivity contribution in [1.82, 2.24) is 0 Å². The van der Waals surface area contributed by atoms with Gasteiger partial charge in [-0.05, 0) is 74.4 Å². The number of rotatable bonds is 7. The number of alkyl halides is 3. The molecule has 0 aliphatic heterocycles. The van der Waals surface area contributed by atoms with E-state index in [1.165, 1.54) is 57.1 Å². The Morgan fingerprint density at radius 3 is 2.10 bits per heavy atom. The average Bonchev–Trinajstić information content (AvgIpc) is 3.43. The van der Waals surface area contributed by atoms with Gasteiger partial charge in [0.1, 0.15) is 0 Å². The molecule has 0 amide bonds. The number of aliphatic hydroxyl groups is 1. The molecule has 2 aliphatic carbocycles. The summed E-state index contributed by atoms with van der Waals surface area (Å²) in [6, 6.07) is 3.64. The Bertz CT molecular complexity index is 566. The third-order valence-electron chi connectivity index (χ3n) is 5.49. The van der Waals surface area contributed by atoms with E-state index in [4.69, 9.17) is 10.8 Å². The Morgan fingerprint density at radius 2 is 1.72 bits per heavy atom. The molecule has 0 spiro atoms. The second-order valence-corrected chi connectivity index (χ2v) is 8.74. The number of aryl methyl sites for hydroxylation is 1. The van der Waals surface area contributed by atoms with Crippen LogP contribution in [0.2, 0.25) is 0 Å². The first-order chi connectivity index (χ1) is 13.7. The molecule has 168 valence electrons. The predicted molar refractivity (Wildman–Crippen MR) is 118 cm³/mol. The molecule has 3 rings (SSSR count). The summed E-state index contributed by atoms with van der Waals surface area (Å²) in [5.74, 6) is 3.35. The zero-order chi connectivity index (χ0) is 21.9. The summed E-state index contributed by atoms with van der Waals surface area (Å²) in [5, 5.41) is 9.16. The van der Waals surface area contributed by atoms with Crippen molar-refractivity contribution in [3.63, 3.8) is 0 Å². The maximum absolute atomic E-state index is 12.3. The van der Waals surface area contributed by atoms with Crippen molar-refractivity contribution in [2.75, 3.05) is 12.3 Å². The van der Waals surface area contributed by atoms with Crippen molar-refractivity contribution >= 4 is 12.6 Å². The van der Waals surface area contributed by atoms with Gasteiger partial charge in [-0.15, -0.1) is 0 Å². The molecule has 1 aromatic carbocycles. The maximum Gasteiger partial charge on any atom is 0.416 e. The fraction of sp³-hybridized carbons (Fsp3) is 0.739. The molecule has 1 atom stereocenters. The lowest BCUT2D eigenvalue weighted by Crippen LogP contribution is -2.10. The zero-order valence-corrected chi connectivity index (χ0v) is 18.7. The first kappa shape index (κ1) is 26.3. The lowest BCUT2D eigenvalue weighted by molar-refractivity contribution is -0.138. The van der Waals surface area contributed by atoms with E-state index in [1.807, 2.05) is 0 Å². The number of nitrogens with two attached hydrogens (primary N) is 1. The Kier molecular flexibility index (Phi) is 12.3. The molecule has 2 saturated carbocycles. The van der Waals surface area contributed by atoms with Crippen molar-refractivity contribution < 1.29 is 18.3 Å². The highest BCUT2D eigenvalue weighted by atomic mass is 32.1. The molecule has 0 radical (unpaired) electrons. The van der Waals surface area contributed by atoms with Crippen molar-refractivity contribution in [2.45, 2.75) is 83.9 Å². The lowest BCUT2D eigenvalue weighted by atomic mass is 9.82. The van der Waals surface area contributed by atoms with Crippen LogP contribution in [-0.4, -0.2) is 17.4 Å². The van der Waals surface area contributed by atoms with Crippen LogP contribution in [0.25, 0.3) is 0 Å². The highest BCUT2D eigenvalue weighted by molar-refractivity contribution is 7.80. The predicted octanol–water partition coefficient (Wildman–Crippen LogP) is 6.70. The van der Waals surface area contributed by atoms with Gasteiger partial charge in [-0.2, -0.15) is 25.8 Å². The number of hydrogen-bond donors (Lipinski definition) is 3. The Hall–Kier alpha value is -0.720. The molecule has 1 aromatic rings. The van der Waals surface area contributed by atoms with Crippen LogP contribution in [0.1, 0.15) is 87.5 Å². The van der Waals surface area contributed by atoms with E-state index in [2.05, 4.69) is 12.6 Å². The minimum atomic E-state index is -4.32. The fourth-order valence-electron chi connectivity index (χ4n) is 3.25. The van der Waals surface area contributed by atoms with Gasteiger partial charge in [0.2, 0.25) is 0 Å². The molecule has 3 N–H and O–H groups in total. The third kappa shape index (κ3) is 11.3. The number of halogens is 3. The van der Waals surface area contributed by atoms with Crippen LogP contribution in [0.4, 0.5) is 13.2 Å². The average molecular weight is 434 g/mol. The van der Waals surface area contributed by atoms with E-state index >= 15 is 0 Å². The van der Waals surface area contributed by atoms with Gasteiger partial charge in [-0.25, -0.2) is 0 Å². The quantitative estimate of drug-likeness (QED) is 0.331. The smallest absolute Gasteiger partial charge is 0.389 e. The van der Waals surface area contributed by atoms with E-state index in [-0.39, 0.29) is 5.56 Å². The van der Waals surface area contributed by atoms with Gasteiger partial charge in [0.15, 0.2) is 0 Å². The highest BCUT2D eigenvalue weighted by Gasteiger charge is 2.32. The molecular weight excluding hydrogens is 395 g/mol. The summed E-state index contributed by atoms with van der Waals surface area (Å²) in [5.41, 5.74) is 5.22. The standard InChI is InChI=1S/C10H11F3O.C8H14.C5H13NS/c1-6-5-8(7(2)14)3-4-9(6)10(11,12)13;1-2-7(3-1)6-8-4-5-8;6-4-2-1-3-5-7/h3-5,7,14H,1-2H3;7-8H,1-6H2;7H,1-6H2/t7-;;/m0../s1. The summed E-state index contributed by atoms with van der Waals surface area (Å²) >= 11 is 4.05. The van der Waals surface area contributed by atoms with Gasteiger partial charge in [-0.1, -0.05) is 50.7 Å². The SMILES string of the molecule is C1CC(CC2CC2)C1.Cc1cc([C@H](C)O)ccc1C(F)(F)F.NCCCCCS. The third-order valence-corrected chi connectivity index (χ3v) is 5.81. The monoisotopic (exact) mass is 433 g/mol. The van der Waals surface area contributed by atoms with Gasteiger partial charge in [0.25, 0.3) is 0 Å². The summed E-state index contributed by atoms with van der Waals surface area (Å²) in [6.07, 6.45) is 7.86. The summed E-state index contributed by atoms with van der Waals surface area (Å²) < 4.78 is 37.0. The number of benzene rings is 1. The molecule has 29 heavy (non-hydrogen) atoms. The number of unbranched alkanes of at least 4 members (excludes halogenated alkanes) is 2. The molecular formula is C23H38F3NOS. The van der Waals surface area contributed by atoms with E-state index in [0.29, 0.717) is 5.56 Å². The van der Waals surface area contributed by atoms with Gasteiger partial charge in [0.05, 0.1) is 11.7 Å². The second kappa shape index (κ2) is 13.6. The van der Waals surface area contributed by atoms with Crippen LogP contribution in [0.3, 0.4) is 0 Å². The lowest BCUT2D eigenvalue weighted by Gasteiger charge is -2.24. The normalized spacial score (nSPS) is 17.4. The van der Waals surface area contributed by atoms with E-state index in [0.717, 1.165) is 24.8 Å². The summed E-state index contributed by atoms with van der Waals surface area (Å²) in [6.45, 7) is 3.73. The molecule has 2 fully saturated rings. The Balaban J connectivity index is 0.000000237. The van der Waals surface area contributed by atoms with E-state index < -0.39 is 17.8 Å². The first-order valence-corrected chi connectivity index (χ1v) is 11.5. The molecule has 0 saturated heterocycles. The van der Waals surface area contributed by atoms with Crippen molar-refractivity contribution in [3.05, 3.63) is 34.9 Å². The largest absolute Gasteiger partial charge is 0.416 e. The fourth-order valence-corrected chi connectivity index (χ4v) is 3.47. The van der Waals surface area contributed by atoms with Crippen LogP contribution in [0, 0.1) is 18.8 Å². The highest BCUT2D eigenvalue weighted by Crippen LogP contribution is 2.41. The van der Waals surface area contributed by atoms with Gasteiger partial charge >= 0.3 is 6.18 Å². The van der Waals surface area contributed by atoms with Gasteiger partial charge < -0.3 is 10.8 Å². The summed E-state index contributed by atoms with van der Waals surface area (Å²) in [7, 11) is 0. The van der Waals surface area contributed by atoms with Crippen molar-refractivity contribution in [2.24, 2.45) is 17.6 Å². The minimum Gasteiger partial charge on any atom is -0.389 e. The Labute approximate surface area is 179 Å². The van der Waals surface area contributed by atoms with Crippen LogP contribution >= 0.6 is 12.6 Å². The molecule has 2 aliphatic rings. The maximum atomic E-state index is 12.3. The molecule has 0 aromatic heterocycles. The zero-order valence-electron chi connectivity index (χ0n) is 17.8. The van der Waals surface area contributed by atoms with Gasteiger partial charge in [0, 0.05) is 0 Å². The number of thiol groups is 1. The van der Waals surface area contributed by atoms with Crippen LogP contribution in [-0.2, 0) is 6.18 Å². The summed E-state index contributed by atoms with van der Waals surface area (Å²) in [4.78, 5) is 0. The van der Waals surface area contributed by atoms with E-state index in [9.17, 15) is 13.2 Å². The van der Waals surface area contributed by atoms with Crippen molar-refractivity contribution in [1.29, 1.82) is 0 Å². The van der Waals surface area contributed by atoms with Crippen molar-refractivity contribution in [3.8, 4) is 0 Å². The molecule has 0 heterocycles. The van der Waals surface area contributed by atoms with E-state index in [1.54, 1.807) is 32.1 Å². The van der Waals surface area contributed by atoms with Gasteiger partial charge in [-0.3, -0.25) is 0 Å². The molecule has 6 heteroatoms. The van der Waals surface area contributed by atoms with Crippen LogP contribution in [0.5, 0.6) is 0 Å². The molecule has 0 bridgehead atoms.